The molecule has 9 heavy (non-hydrogen) atoms. The van der Waals surface area contributed by atoms with Gasteiger partial charge in [0.25, 0.3) is 0 Å². The number of hydrogen-bond acceptors (Lipinski definition) is 2. The summed E-state index contributed by atoms with van der Waals surface area (Å²) in [5.74, 6) is 0.600. The van der Waals surface area contributed by atoms with E-state index >= 15 is 0 Å². The Hall–Kier alpha value is -0.990. The highest BCUT2D eigenvalue weighted by molar-refractivity contribution is 5.52. The highest BCUT2D eigenvalue weighted by Crippen LogP contribution is 2.27. The van der Waals surface area contributed by atoms with Crippen molar-refractivity contribution in [3.05, 3.63) is 11.9 Å². The molecule has 2 N–H and O–H groups in total. The van der Waals surface area contributed by atoms with Crippen molar-refractivity contribution in [2.24, 2.45) is 0 Å². The molecule has 3 nitrogen and oxygen atoms in total. The third-order valence-corrected chi connectivity index (χ3v) is 1.76. The zero-order valence-corrected chi connectivity index (χ0v) is 5.31. The molecule has 1 aliphatic heterocycles. The van der Waals surface area contributed by atoms with Crippen LogP contribution in [0.5, 0.6) is 0 Å². The lowest BCUT2D eigenvalue weighted by molar-refractivity contribution is 0.801. The standard InChI is InChI=1S/C6H9N3/c1-4-2-7-5-3-8-9-6(4)5/h3-4,7H,2H2,1H3,(H,8,9). The Morgan fingerprint density at radius 2 is 2.67 bits per heavy atom. The summed E-state index contributed by atoms with van der Waals surface area (Å²) in [7, 11) is 0. The van der Waals surface area contributed by atoms with Crippen molar-refractivity contribution in [2.75, 3.05) is 11.9 Å². The van der Waals surface area contributed by atoms with Crippen molar-refractivity contribution in [3.63, 3.8) is 0 Å². The summed E-state index contributed by atoms with van der Waals surface area (Å²) < 4.78 is 0. The zero-order chi connectivity index (χ0) is 6.27. The highest BCUT2D eigenvalue weighted by atomic mass is 15.2. The Kier molecular flexibility index (Phi) is 0.806. The van der Waals surface area contributed by atoms with E-state index in [0.29, 0.717) is 5.92 Å². The number of anilines is 1. The number of aromatic nitrogens is 2. The minimum Gasteiger partial charge on any atom is -0.382 e. The quantitative estimate of drug-likeness (QED) is 0.539. The number of nitrogens with zero attached hydrogens (tertiary/aromatic N) is 1. The van der Waals surface area contributed by atoms with Crippen LogP contribution in [-0.4, -0.2) is 16.7 Å². The summed E-state index contributed by atoms with van der Waals surface area (Å²) in [5, 5.41) is 10.1. The van der Waals surface area contributed by atoms with Gasteiger partial charge in [-0.2, -0.15) is 5.10 Å². The smallest absolute Gasteiger partial charge is 0.0760 e. The lowest BCUT2D eigenvalue weighted by atomic mass is 10.1. The van der Waals surface area contributed by atoms with Crippen LogP contribution in [-0.2, 0) is 0 Å². The molecule has 1 unspecified atom stereocenters. The van der Waals surface area contributed by atoms with Crippen LogP contribution < -0.4 is 5.32 Å². The maximum Gasteiger partial charge on any atom is 0.0760 e. The van der Waals surface area contributed by atoms with E-state index in [-0.39, 0.29) is 0 Å². The second kappa shape index (κ2) is 1.50. The van der Waals surface area contributed by atoms with E-state index in [9.17, 15) is 0 Å². The van der Waals surface area contributed by atoms with Gasteiger partial charge in [0.15, 0.2) is 0 Å². The van der Waals surface area contributed by atoms with Crippen LogP contribution in [0.1, 0.15) is 18.5 Å². The first-order chi connectivity index (χ1) is 4.38. The molecular formula is C6H9N3. The average molecular weight is 123 g/mol. The fourth-order valence-corrected chi connectivity index (χ4v) is 1.18. The van der Waals surface area contributed by atoms with E-state index in [0.717, 1.165) is 6.54 Å². The first-order valence-electron chi connectivity index (χ1n) is 3.15. The van der Waals surface area contributed by atoms with Crippen molar-refractivity contribution in [2.45, 2.75) is 12.8 Å². The van der Waals surface area contributed by atoms with E-state index in [4.69, 9.17) is 0 Å². The summed E-state index contributed by atoms with van der Waals surface area (Å²) in [6.45, 7) is 3.22. The third-order valence-electron chi connectivity index (χ3n) is 1.76. The molecule has 48 valence electrons. The monoisotopic (exact) mass is 123 g/mol. The molecule has 1 aromatic heterocycles. The largest absolute Gasteiger partial charge is 0.382 e. The van der Waals surface area contributed by atoms with Crippen LogP contribution >= 0.6 is 0 Å². The molecule has 0 bridgehead atoms. The maximum absolute atomic E-state index is 3.91. The third kappa shape index (κ3) is 0.542. The Morgan fingerprint density at radius 3 is 3.44 bits per heavy atom. The maximum atomic E-state index is 3.91. The molecule has 0 spiro atoms. The van der Waals surface area contributed by atoms with Crippen LogP contribution in [0.3, 0.4) is 0 Å². The Balaban J connectivity index is 2.49. The average Bonchev–Trinajstić information content (AvgIpc) is 2.35. The SMILES string of the molecule is CC1CNc2cn[nH]c21. The molecule has 0 amide bonds. The first-order valence-corrected chi connectivity index (χ1v) is 3.15. The second-order valence-corrected chi connectivity index (χ2v) is 2.48. The molecule has 2 heterocycles. The summed E-state index contributed by atoms with van der Waals surface area (Å²) in [4.78, 5) is 0. The predicted molar refractivity (Wildman–Crippen MR) is 35.5 cm³/mol. The van der Waals surface area contributed by atoms with Crippen LogP contribution in [0.25, 0.3) is 0 Å². The minimum absolute atomic E-state index is 0.600. The fourth-order valence-electron chi connectivity index (χ4n) is 1.18. The van der Waals surface area contributed by atoms with Gasteiger partial charge in [0.1, 0.15) is 0 Å². The molecule has 0 saturated heterocycles. The highest BCUT2D eigenvalue weighted by Gasteiger charge is 2.18. The normalized spacial score (nSPS) is 23.4. The van der Waals surface area contributed by atoms with Gasteiger partial charge in [-0.1, -0.05) is 6.92 Å². The van der Waals surface area contributed by atoms with Gasteiger partial charge in [-0.25, -0.2) is 0 Å². The van der Waals surface area contributed by atoms with Crippen LogP contribution in [0, 0.1) is 0 Å². The summed E-state index contributed by atoms with van der Waals surface area (Å²) in [5.41, 5.74) is 2.41. The van der Waals surface area contributed by atoms with E-state index in [2.05, 4.69) is 22.4 Å². The van der Waals surface area contributed by atoms with Gasteiger partial charge < -0.3 is 5.32 Å². The topological polar surface area (TPSA) is 40.7 Å². The van der Waals surface area contributed by atoms with Gasteiger partial charge in [0.05, 0.1) is 17.6 Å². The van der Waals surface area contributed by atoms with E-state index in [1.807, 2.05) is 6.20 Å². The Bertz CT molecular complexity index is 216. The molecule has 1 aromatic rings. The lowest BCUT2D eigenvalue weighted by Crippen LogP contribution is -1.98. The van der Waals surface area contributed by atoms with Crippen molar-refractivity contribution in [3.8, 4) is 0 Å². The van der Waals surface area contributed by atoms with Crippen LogP contribution in [0.2, 0.25) is 0 Å². The van der Waals surface area contributed by atoms with Crippen molar-refractivity contribution >= 4 is 5.69 Å². The van der Waals surface area contributed by atoms with Crippen molar-refractivity contribution in [1.29, 1.82) is 0 Å². The minimum atomic E-state index is 0.600. The van der Waals surface area contributed by atoms with E-state index in [1.165, 1.54) is 11.4 Å². The number of fused-ring (bicyclic) bond motifs is 1. The Labute approximate surface area is 53.5 Å². The zero-order valence-electron chi connectivity index (χ0n) is 5.31. The van der Waals surface area contributed by atoms with Gasteiger partial charge >= 0.3 is 0 Å². The van der Waals surface area contributed by atoms with Crippen LogP contribution in [0.15, 0.2) is 6.20 Å². The van der Waals surface area contributed by atoms with Crippen LogP contribution in [0.4, 0.5) is 5.69 Å². The first kappa shape index (κ1) is 4.85. The van der Waals surface area contributed by atoms with Gasteiger partial charge in [-0.15, -0.1) is 0 Å². The summed E-state index contributed by atoms with van der Waals surface area (Å²) in [6.07, 6.45) is 1.83. The molecule has 0 fully saturated rings. The van der Waals surface area contributed by atoms with Crippen molar-refractivity contribution < 1.29 is 0 Å². The predicted octanol–water partition coefficient (Wildman–Crippen LogP) is 0.939. The van der Waals surface area contributed by atoms with Gasteiger partial charge in [-0.3, -0.25) is 5.10 Å². The molecule has 1 atom stereocenters. The summed E-state index contributed by atoms with van der Waals surface area (Å²) >= 11 is 0. The molecule has 0 aromatic carbocycles. The van der Waals surface area contributed by atoms with Gasteiger partial charge in [0, 0.05) is 12.5 Å². The molecule has 0 radical (unpaired) electrons. The van der Waals surface area contributed by atoms with Gasteiger partial charge in [0.2, 0.25) is 0 Å². The van der Waals surface area contributed by atoms with Gasteiger partial charge in [-0.05, 0) is 0 Å². The number of aromatic amines is 1. The number of hydrogen-bond donors (Lipinski definition) is 2. The molecular weight excluding hydrogens is 114 g/mol. The molecule has 1 aliphatic rings. The van der Waals surface area contributed by atoms with E-state index < -0.39 is 0 Å². The number of rotatable bonds is 0. The molecule has 0 saturated carbocycles. The number of H-pyrrole nitrogens is 1. The molecule has 3 heteroatoms. The Morgan fingerprint density at radius 1 is 1.78 bits per heavy atom. The van der Waals surface area contributed by atoms with E-state index in [1.54, 1.807) is 0 Å². The van der Waals surface area contributed by atoms with Crippen molar-refractivity contribution in [1.82, 2.24) is 10.2 Å². The second-order valence-electron chi connectivity index (χ2n) is 2.48. The fraction of sp³-hybridized carbons (Fsp3) is 0.500. The number of nitrogens with one attached hydrogen (secondary N) is 2. The molecule has 2 rings (SSSR count). The lowest BCUT2D eigenvalue weighted by Gasteiger charge is -1.95. The summed E-state index contributed by atoms with van der Waals surface area (Å²) in [6, 6.07) is 0. The molecule has 0 aliphatic carbocycles.